The van der Waals surface area contributed by atoms with Crippen molar-refractivity contribution in [2.45, 2.75) is 19.9 Å². The summed E-state index contributed by atoms with van der Waals surface area (Å²) in [5, 5.41) is 2.64. The molecule has 1 atom stereocenters. The number of amides is 1. The summed E-state index contributed by atoms with van der Waals surface area (Å²) in [6.45, 7) is 3.69. The van der Waals surface area contributed by atoms with E-state index in [1.807, 2.05) is 38.1 Å². The van der Waals surface area contributed by atoms with Crippen LogP contribution in [0.4, 0.5) is 0 Å². The standard InChI is InChI=1S/C15H18BrNO3/c1-10(2)14(15(19)20-3)17-13(18)8-7-11-5-4-6-12(16)9-11/h4-10,14H,1-3H3,(H,17,18)/b8-7+. The summed E-state index contributed by atoms with van der Waals surface area (Å²) in [7, 11) is 1.31. The van der Waals surface area contributed by atoms with Gasteiger partial charge in [0.15, 0.2) is 0 Å². The molecule has 5 heteroatoms. The van der Waals surface area contributed by atoms with Crippen LogP contribution in [0.25, 0.3) is 6.08 Å². The van der Waals surface area contributed by atoms with Gasteiger partial charge in [0.05, 0.1) is 7.11 Å². The van der Waals surface area contributed by atoms with Crippen LogP contribution in [0.3, 0.4) is 0 Å². The van der Waals surface area contributed by atoms with Crippen molar-refractivity contribution < 1.29 is 14.3 Å². The lowest BCUT2D eigenvalue weighted by Crippen LogP contribution is -2.44. The van der Waals surface area contributed by atoms with E-state index in [2.05, 4.69) is 26.0 Å². The zero-order chi connectivity index (χ0) is 15.1. The number of carbonyl (C=O) groups is 2. The fourth-order valence-corrected chi connectivity index (χ4v) is 2.03. The molecule has 0 radical (unpaired) electrons. The third-order valence-corrected chi connectivity index (χ3v) is 3.19. The molecule has 0 fully saturated rings. The third kappa shape index (κ3) is 5.17. The Bertz CT molecular complexity index is 512. The van der Waals surface area contributed by atoms with Gasteiger partial charge in [0, 0.05) is 10.5 Å². The molecule has 0 aromatic heterocycles. The fourth-order valence-electron chi connectivity index (χ4n) is 1.61. The number of hydrogen-bond donors (Lipinski definition) is 1. The van der Waals surface area contributed by atoms with Crippen LogP contribution >= 0.6 is 15.9 Å². The number of hydrogen-bond acceptors (Lipinski definition) is 3. The average Bonchev–Trinajstić information content (AvgIpc) is 2.41. The zero-order valence-corrected chi connectivity index (χ0v) is 13.3. The zero-order valence-electron chi connectivity index (χ0n) is 11.7. The first-order valence-electron chi connectivity index (χ1n) is 6.26. The van der Waals surface area contributed by atoms with E-state index in [1.165, 1.54) is 13.2 Å². The second-order valence-electron chi connectivity index (χ2n) is 4.64. The minimum absolute atomic E-state index is 0.0364. The van der Waals surface area contributed by atoms with Gasteiger partial charge in [-0.1, -0.05) is 41.9 Å². The van der Waals surface area contributed by atoms with Crippen LogP contribution in [-0.4, -0.2) is 25.0 Å². The van der Waals surface area contributed by atoms with Crippen molar-refractivity contribution in [3.8, 4) is 0 Å². The number of ether oxygens (including phenoxy) is 1. The van der Waals surface area contributed by atoms with Crippen molar-refractivity contribution in [3.63, 3.8) is 0 Å². The molecule has 1 amide bonds. The molecule has 0 bridgehead atoms. The van der Waals surface area contributed by atoms with Crippen LogP contribution < -0.4 is 5.32 Å². The number of nitrogens with one attached hydrogen (secondary N) is 1. The van der Waals surface area contributed by atoms with Gasteiger partial charge in [-0.25, -0.2) is 4.79 Å². The Morgan fingerprint density at radius 2 is 2.05 bits per heavy atom. The quantitative estimate of drug-likeness (QED) is 0.662. The summed E-state index contributed by atoms with van der Waals surface area (Å²) in [4.78, 5) is 23.4. The molecule has 0 saturated heterocycles. The van der Waals surface area contributed by atoms with Gasteiger partial charge in [-0.15, -0.1) is 0 Å². The molecule has 0 heterocycles. The van der Waals surface area contributed by atoms with Gasteiger partial charge < -0.3 is 10.1 Å². The highest BCUT2D eigenvalue weighted by atomic mass is 79.9. The molecule has 1 N–H and O–H groups in total. The predicted octanol–water partition coefficient (Wildman–Crippen LogP) is 2.78. The third-order valence-electron chi connectivity index (χ3n) is 2.70. The van der Waals surface area contributed by atoms with Crippen LogP contribution in [0.2, 0.25) is 0 Å². The van der Waals surface area contributed by atoms with E-state index in [1.54, 1.807) is 6.08 Å². The highest BCUT2D eigenvalue weighted by molar-refractivity contribution is 9.10. The van der Waals surface area contributed by atoms with Crippen molar-refractivity contribution >= 4 is 33.9 Å². The summed E-state index contributed by atoms with van der Waals surface area (Å²) in [6.07, 6.45) is 3.09. The molecule has 1 unspecified atom stereocenters. The first-order chi connectivity index (χ1) is 9.43. The lowest BCUT2D eigenvalue weighted by molar-refractivity contribution is -0.145. The number of carbonyl (C=O) groups excluding carboxylic acids is 2. The molecule has 0 aliphatic carbocycles. The summed E-state index contributed by atoms with van der Waals surface area (Å²) in [6, 6.07) is 6.93. The highest BCUT2D eigenvalue weighted by Crippen LogP contribution is 2.12. The van der Waals surface area contributed by atoms with Gasteiger partial charge in [0.2, 0.25) is 5.91 Å². The van der Waals surface area contributed by atoms with E-state index in [0.29, 0.717) is 0 Å². The van der Waals surface area contributed by atoms with Crippen LogP contribution in [-0.2, 0) is 14.3 Å². The maximum absolute atomic E-state index is 11.8. The predicted molar refractivity (Wildman–Crippen MR) is 82.0 cm³/mol. The maximum atomic E-state index is 11.8. The monoisotopic (exact) mass is 339 g/mol. The normalized spacial score (nSPS) is 12.4. The molecule has 20 heavy (non-hydrogen) atoms. The summed E-state index contributed by atoms with van der Waals surface area (Å²) in [5.41, 5.74) is 0.897. The lowest BCUT2D eigenvalue weighted by Gasteiger charge is -2.18. The Morgan fingerprint density at radius 3 is 2.60 bits per heavy atom. The number of rotatable bonds is 5. The van der Waals surface area contributed by atoms with Crippen LogP contribution in [0.5, 0.6) is 0 Å². The van der Waals surface area contributed by atoms with Crippen molar-refractivity contribution in [1.82, 2.24) is 5.32 Å². The minimum atomic E-state index is -0.639. The Hall–Kier alpha value is -1.62. The molecule has 0 saturated carbocycles. The Balaban J connectivity index is 2.68. The first-order valence-corrected chi connectivity index (χ1v) is 7.05. The Morgan fingerprint density at radius 1 is 1.35 bits per heavy atom. The van der Waals surface area contributed by atoms with Crippen LogP contribution in [0, 0.1) is 5.92 Å². The second-order valence-corrected chi connectivity index (χ2v) is 5.56. The molecular formula is C15H18BrNO3. The molecule has 1 aromatic carbocycles. The largest absolute Gasteiger partial charge is 0.467 e. The molecular weight excluding hydrogens is 322 g/mol. The van der Waals surface area contributed by atoms with Crippen molar-refractivity contribution in [3.05, 3.63) is 40.4 Å². The van der Waals surface area contributed by atoms with Gasteiger partial charge in [0.25, 0.3) is 0 Å². The number of halogens is 1. The fraction of sp³-hybridized carbons (Fsp3) is 0.333. The van der Waals surface area contributed by atoms with E-state index >= 15 is 0 Å². The van der Waals surface area contributed by atoms with Crippen molar-refractivity contribution in [2.75, 3.05) is 7.11 Å². The van der Waals surface area contributed by atoms with E-state index < -0.39 is 12.0 Å². The van der Waals surface area contributed by atoms with Gasteiger partial charge in [0.1, 0.15) is 6.04 Å². The smallest absolute Gasteiger partial charge is 0.328 e. The van der Waals surface area contributed by atoms with E-state index in [-0.39, 0.29) is 11.8 Å². The van der Waals surface area contributed by atoms with Crippen LogP contribution in [0.1, 0.15) is 19.4 Å². The van der Waals surface area contributed by atoms with Crippen molar-refractivity contribution in [2.24, 2.45) is 5.92 Å². The van der Waals surface area contributed by atoms with Gasteiger partial charge >= 0.3 is 5.97 Å². The van der Waals surface area contributed by atoms with E-state index in [9.17, 15) is 9.59 Å². The number of methoxy groups -OCH3 is 1. The molecule has 4 nitrogen and oxygen atoms in total. The molecule has 0 aliphatic heterocycles. The molecule has 0 aliphatic rings. The van der Waals surface area contributed by atoms with E-state index in [0.717, 1.165) is 10.0 Å². The Labute approximate surface area is 127 Å². The number of esters is 1. The topological polar surface area (TPSA) is 55.4 Å². The maximum Gasteiger partial charge on any atom is 0.328 e. The Kier molecular flexibility index (Phi) is 6.45. The molecule has 108 valence electrons. The van der Waals surface area contributed by atoms with E-state index in [4.69, 9.17) is 0 Å². The van der Waals surface area contributed by atoms with Gasteiger partial charge in [-0.3, -0.25) is 4.79 Å². The van der Waals surface area contributed by atoms with Gasteiger partial charge in [-0.05, 0) is 29.7 Å². The molecule has 1 rings (SSSR count). The second kappa shape index (κ2) is 7.85. The summed E-state index contributed by atoms with van der Waals surface area (Å²) in [5.74, 6) is -0.802. The number of benzene rings is 1. The summed E-state index contributed by atoms with van der Waals surface area (Å²) < 4.78 is 5.61. The molecule has 1 aromatic rings. The average molecular weight is 340 g/mol. The molecule has 0 spiro atoms. The van der Waals surface area contributed by atoms with Crippen molar-refractivity contribution in [1.29, 1.82) is 0 Å². The first kappa shape index (κ1) is 16.4. The summed E-state index contributed by atoms with van der Waals surface area (Å²) >= 11 is 3.36. The van der Waals surface area contributed by atoms with Gasteiger partial charge in [-0.2, -0.15) is 0 Å². The lowest BCUT2D eigenvalue weighted by atomic mass is 10.0. The van der Waals surface area contributed by atoms with Crippen LogP contribution in [0.15, 0.2) is 34.8 Å². The SMILES string of the molecule is COC(=O)C(NC(=O)/C=C/c1cccc(Br)c1)C(C)C. The highest BCUT2D eigenvalue weighted by Gasteiger charge is 2.23. The minimum Gasteiger partial charge on any atom is -0.467 e.